The third kappa shape index (κ3) is 4.19. The highest BCUT2D eigenvalue weighted by atomic mass is 32.2. The fourth-order valence-electron chi connectivity index (χ4n) is 1.97. The zero-order valence-corrected chi connectivity index (χ0v) is 13.4. The zero-order chi connectivity index (χ0) is 16.8. The molecule has 2 heterocycles. The fourth-order valence-corrected chi connectivity index (χ4v) is 2.67. The largest absolute Gasteiger partial charge is 0.467 e. The summed E-state index contributed by atoms with van der Waals surface area (Å²) in [6.45, 7) is 0.530. The van der Waals surface area contributed by atoms with E-state index in [1.54, 1.807) is 35.2 Å². The van der Waals surface area contributed by atoms with Crippen LogP contribution in [0.2, 0.25) is 0 Å². The summed E-state index contributed by atoms with van der Waals surface area (Å²) in [7, 11) is 0. The smallest absolute Gasteiger partial charge is 0.230 e. The minimum absolute atomic E-state index is 0.132. The van der Waals surface area contributed by atoms with Crippen LogP contribution in [0.25, 0.3) is 0 Å². The molecule has 1 aromatic carbocycles. The molecule has 7 nitrogen and oxygen atoms in total. The Morgan fingerprint density at radius 1 is 1.29 bits per heavy atom. The van der Waals surface area contributed by atoms with Crippen LogP contribution in [0.15, 0.2) is 52.2 Å². The number of nitrogens with one attached hydrogen (secondary N) is 1. The topological polar surface area (TPSA) is 85.8 Å². The van der Waals surface area contributed by atoms with Gasteiger partial charge in [-0.3, -0.25) is 4.79 Å². The molecule has 3 aromatic rings. The predicted molar refractivity (Wildman–Crippen MR) is 84.6 cm³/mol. The zero-order valence-electron chi connectivity index (χ0n) is 12.6. The second-order valence-electron chi connectivity index (χ2n) is 4.86. The number of benzene rings is 1. The lowest BCUT2D eigenvalue weighted by atomic mass is 10.2. The maximum absolute atomic E-state index is 13.5. The van der Waals surface area contributed by atoms with E-state index in [1.807, 2.05) is 6.07 Å². The van der Waals surface area contributed by atoms with E-state index in [4.69, 9.17) is 4.42 Å². The average Bonchev–Trinajstić information content (AvgIpc) is 3.24. The first-order chi connectivity index (χ1) is 11.7. The second kappa shape index (κ2) is 7.73. The van der Waals surface area contributed by atoms with E-state index in [2.05, 4.69) is 20.8 Å². The number of carbonyl (C=O) groups is 1. The number of hydrogen-bond acceptors (Lipinski definition) is 6. The van der Waals surface area contributed by atoms with Crippen molar-refractivity contribution in [1.29, 1.82) is 0 Å². The molecule has 1 amide bonds. The summed E-state index contributed by atoms with van der Waals surface area (Å²) in [4.78, 5) is 11.9. The third-order valence-electron chi connectivity index (χ3n) is 3.15. The highest BCUT2D eigenvalue weighted by Gasteiger charge is 2.11. The van der Waals surface area contributed by atoms with Crippen LogP contribution < -0.4 is 5.32 Å². The van der Waals surface area contributed by atoms with E-state index in [9.17, 15) is 9.18 Å². The molecule has 0 bridgehead atoms. The molecule has 9 heteroatoms. The Bertz CT molecular complexity index is 806. The quantitative estimate of drug-likeness (QED) is 0.657. The van der Waals surface area contributed by atoms with Crippen molar-refractivity contribution in [1.82, 2.24) is 25.5 Å². The van der Waals surface area contributed by atoms with Gasteiger partial charge in [-0.1, -0.05) is 30.0 Å². The standard InChI is InChI=1S/C15H14FN5O2S/c16-13-6-2-1-4-11(13)8-17-14(22)10-24-15-18-19-20-21(15)9-12-5-3-7-23-12/h1-7H,8-10H2,(H,17,22). The molecule has 0 aliphatic rings. The van der Waals surface area contributed by atoms with Crippen molar-refractivity contribution in [3.05, 3.63) is 59.8 Å². The first kappa shape index (κ1) is 16.2. The van der Waals surface area contributed by atoms with Crippen LogP contribution in [0.4, 0.5) is 4.39 Å². The maximum atomic E-state index is 13.5. The molecule has 0 saturated heterocycles. The van der Waals surface area contributed by atoms with Gasteiger partial charge in [0.1, 0.15) is 18.1 Å². The van der Waals surface area contributed by atoms with E-state index >= 15 is 0 Å². The van der Waals surface area contributed by atoms with Crippen molar-refractivity contribution in [2.45, 2.75) is 18.2 Å². The average molecular weight is 347 g/mol. The summed E-state index contributed by atoms with van der Waals surface area (Å²) in [6.07, 6.45) is 1.57. The highest BCUT2D eigenvalue weighted by Crippen LogP contribution is 2.15. The van der Waals surface area contributed by atoms with Crippen molar-refractivity contribution in [2.24, 2.45) is 0 Å². The molecule has 0 fully saturated rings. The highest BCUT2D eigenvalue weighted by molar-refractivity contribution is 7.99. The molecule has 24 heavy (non-hydrogen) atoms. The van der Waals surface area contributed by atoms with E-state index in [0.29, 0.717) is 23.0 Å². The van der Waals surface area contributed by atoms with E-state index in [-0.39, 0.29) is 24.0 Å². The van der Waals surface area contributed by atoms with Crippen LogP contribution in [0.5, 0.6) is 0 Å². The molecule has 0 atom stereocenters. The first-order valence-electron chi connectivity index (χ1n) is 7.14. The van der Waals surface area contributed by atoms with Gasteiger partial charge in [-0.05, 0) is 28.6 Å². The lowest BCUT2D eigenvalue weighted by molar-refractivity contribution is -0.118. The molecule has 124 valence electrons. The number of tetrazole rings is 1. The van der Waals surface area contributed by atoms with Gasteiger partial charge < -0.3 is 9.73 Å². The number of halogens is 1. The van der Waals surface area contributed by atoms with Crippen molar-refractivity contribution in [3.8, 4) is 0 Å². The molecule has 0 spiro atoms. The number of nitrogens with zero attached hydrogens (tertiary/aromatic N) is 4. The molecule has 0 radical (unpaired) electrons. The number of furan rings is 1. The Morgan fingerprint density at radius 3 is 2.96 bits per heavy atom. The minimum Gasteiger partial charge on any atom is -0.467 e. The van der Waals surface area contributed by atoms with Crippen molar-refractivity contribution in [3.63, 3.8) is 0 Å². The van der Waals surface area contributed by atoms with Crippen LogP contribution in [0.1, 0.15) is 11.3 Å². The van der Waals surface area contributed by atoms with Gasteiger partial charge in [0, 0.05) is 12.1 Å². The Labute approximate surface area is 141 Å². The third-order valence-corrected chi connectivity index (χ3v) is 4.11. The lowest BCUT2D eigenvalue weighted by Crippen LogP contribution is -2.25. The van der Waals surface area contributed by atoms with Crippen LogP contribution in [0.3, 0.4) is 0 Å². The van der Waals surface area contributed by atoms with Gasteiger partial charge in [0.25, 0.3) is 0 Å². The molecular formula is C15H14FN5O2S. The molecule has 3 rings (SSSR count). The van der Waals surface area contributed by atoms with Gasteiger partial charge >= 0.3 is 0 Å². The Hall–Kier alpha value is -2.68. The maximum Gasteiger partial charge on any atom is 0.230 e. The number of amides is 1. The van der Waals surface area contributed by atoms with E-state index in [1.165, 1.54) is 17.8 Å². The van der Waals surface area contributed by atoms with Crippen molar-refractivity contribution < 1.29 is 13.6 Å². The van der Waals surface area contributed by atoms with Gasteiger partial charge in [-0.25, -0.2) is 9.07 Å². The SMILES string of the molecule is O=C(CSc1nnnn1Cc1ccco1)NCc1ccccc1F. The van der Waals surface area contributed by atoms with Gasteiger partial charge in [-0.15, -0.1) is 5.10 Å². The number of aromatic nitrogens is 4. The second-order valence-corrected chi connectivity index (χ2v) is 5.80. The summed E-state index contributed by atoms with van der Waals surface area (Å²) in [6, 6.07) is 9.92. The van der Waals surface area contributed by atoms with E-state index in [0.717, 1.165) is 0 Å². The normalized spacial score (nSPS) is 10.7. The Balaban J connectivity index is 1.50. The fraction of sp³-hybridized carbons (Fsp3) is 0.200. The van der Waals surface area contributed by atoms with Gasteiger partial charge in [0.05, 0.1) is 12.0 Å². The van der Waals surface area contributed by atoms with Crippen LogP contribution >= 0.6 is 11.8 Å². The summed E-state index contributed by atoms with van der Waals surface area (Å²) >= 11 is 1.20. The van der Waals surface area contributed by atoms with E-state index < -0.39 is 0 Å². The molecular weight excluding hydrogens is 333 g/mol. The molecule has 0 aliphatic carbocycles. The molecule has 0 aliphatic heterocycles. The van der Waals surface area contributed by atoms with Crippen molar-refractivity contribution >= 4 is 17.7 Å². The van der Waals surface area contributed by atoms with Gasteiger partial charge in [-0.2, -0.15) is 0 Å². The molecule has 0 saturated carbocycles. The molecule has 0 unspecified atom stereocenters. The molecule has 1 N–H and O–H groups in total. The van der Waals surface area contributed by atoms with Crippen LogP contribution in [-0.4, -0.2) is 31.9 Å². The summed E-state index contributed by atoms with van der Waals surface area (Å²) in [5.74, 6) is 0.282. The minimum atomic E-state index is -0.340. The summed E-state index contributed by atoms with van der Waals surface area (Å²) in [5, 5.41) is 14.5. The van der Waals surface area contributed by atoms with Crippen molar-refractivity contribution in [2.75, 3.05) is 5.75 Å². The Morgan fingerprint density at radius 2 is 2.17 bits per heavy atom. The monoisotopic (exact) mass is 347 g/mol. The van der Waals surface area contributed by atoms with Crippen LogP contribution in [-0.2, 0) is 17.9 Å². The number of hydrogen-bond donors (Lipinski definition) is 1. The lowest BCUT2D eigenvalue weighted by Gasteiger charge is -2.06. The number of rotatable bonds is 7. The molecule has 2 aromatic heterocycles. The Kier molecular flexibility index (Phi) is 5.22. The summed E-state index contributed by atoms with van der Waals surface area (Å²) in [5.41, 5.74) is 0.443. The van der Waals surface area contributed by atoms with Gasteiger partial charge in [0.15, 0.2) is 0 Å². The van der Waals surface area contributed by atoms with Gasteiger partial charge in [0.2, 0.25) is 11.1 Å². The number of thioether (sulfide) groups is 1. The first-order valence-corrected chi connectivity index (χ1v) is 8.12. The predicted octanol–water partition coefficient (Wildman–Crippen LogP) is 1.86. The number of carbonyl (C=O) groups excluding carboxylic acids is 1. The summed E-state index contributed by atoms with van der Waals surface area (Å²) < 4.78 is 20.3. The van der Waals surface area contributed by atoms with Crippen LogP contribution in [0, 0.1) is 5.82 Å².